The maximum absolute atomic E-state index is 12.5. The molecule has 2 saturated heterocycles. The van der Waals surface area contributed by atoms with Crippen molar-refractivity contribution in [1.82, 2.24) is 9.80 Å². The van der Waals surface area contributed by atoms with Gasteiger partial charge in [-0.3, -0.25) is 9.69 Å². The van der Waals surface area contributed by atoms with Crippen molar-refractivity contribution in [2.24, 2.45) is 0 Å². The Morgan fingerprint density at radius 2 is 2.09 bits per heavy atom. The number of ether oxygens (including phenoxy) is 2. The fraction of sp³-hybridized carbons (Fsp3) is 0.588. The van der Waals surface area contributed by atoms with Crippen molar-refractivity contribution in [2.75, 3.05) is 27.3 Å². The minimum absolute atomic E-state index is 0.0785. The van der Waals surface area contributed by atoms with Gasteiger partial charge in [0.1, 0.15) is 0 Å². The second-order valence-corrected chi connectivity index (χ2v) is 6.09. The molecular weight excluding hydrogens is 280 g/mol. The van der Waals surface area contributed by atoms with E-state index in [-0.39, 0.29) is 11.9 Å². The third-order valence-electron chi connectivity index (χ3n) is 4.87. The number of piperazine rings is 1. The minimum Gasteiger partial charge on any atom is -0.493 e. The van der Waals surface area contributed by atoms with E-state index in [0.717, 1.165) is 43.0 Å². The monoisotopic (exact) mass is 304 g/mol. The van der Waals surface area contributed by atoms with E-state index in [4.69, 9.17) is 9.47 Å². The molecule has 0 radical (unpaired) electrons. The Balaban J connectivity index is 1.82. The lowest BCUT2D eigenvalue weighted by molar-refractivity contribution is -0.143. The number of fused-ring (bicyclic) bond motifs is 1. The summed E-state index contributed by atoms with van der Waals surface area (Å²) >= 11 is 0. The van der Waals surface area contributed by atoms with Crippen LogP contribution < -0.4 is 9.47 Å². The summed E-state index contributed by atoms with van der Waals surface area (Å²) in [6.07, 6.45) is 2.24. The van der Waals surface area contributed by atoms with E-state index >= 15 is 0 Å². The fourth-order valence-electron chi connectivity index (χ4n) is 3.64. The summed E-state index contributed by atoms with van der Waals surface area (Å²) in [5, 5.41) is 0. The molecular formula is C17H24N2O3. The van der Waals surface area contributed by atoms with Crippen LogP contribution in [0.2, 0.25) is 0 Å². The fourth-order valence-corrected chi connectivity index (χ4v) is 3.64. The number of nitrogens with zero attached hydrogens (tertiary/aromatic N) is 2. The number of hydrogen-bond acceptors (Lipinski definition) is 4. The van der Waals surface area contributed by atoms with Gasteiger partial charge in [0.2, 0.25) is 5.91 Å². The van der Waals surface area contributed by atoms with Crippen LogP contribution in [0.4, 0.5) is 0 Å². The molecule has 0 saturated carbocycles. The van der Waals surface area contributed by atoms with Crippen molar-refractivity contribution < 1.29 is 14.3 Å². The number of carbonyl (C=O) groups is 1. The number of hydrogen-bond donors (Lipinski definition) is 0. The number of rotatable bonds is 4. The van der Waals surface area contributed by atoms with E-state index in [1.54, 1.807) is 14.2 Å². The molecule has 1 amide bonds. The molecule has 5 heteroatoms. The lowest BCUT2D eigenvalue weighted by Crippen LogP contribution is -2.58. The van der Waals surface area contributed by atoms with Gasteiger partial charge in [0, 0.05) is 31.2 Å². The van der Waals surface area contributed by atoms with Crippen molar-refractivity contribution in [1.29, 1.82) is 0 Å². The van der Waals surface area contributed by atoms with Gasteiger partial charge in [-0.25, -0.2) is 0 Å². The van der Waals surface area contributed by atoms with E-state index in [9.17, 15) is 4.79 Å². The number of para-hydroxylation sites is 1. The zero-order valence-corrected chi connectivity index (χ0v) is 13.5. The zero-order chi connectivity index (χ0) is 15.7. The number of amides is 1. The predicted octanol–water partition coefficient (Wildman–Crippen LogP) is 1.90. The summed E-state index contributed by atoms with van der Waals surface area (Å²) < 4.78 is 10.9. The Morgan fingerprint density at radius 1 is 1.27 bits per heavy atom. The highest BCUT2D eigenvalue weighted by Crippen LogP contribution is 2.33. The average molecular weight is 304 g/mol. The van der Waals surface area contributed by atoms with Crippen LogP contribution in [-0.4, -0.2) is 55.1 Å². The molecule has 0 aliphatic carbocycles. The quantitative estimate of drug-likeness (QED) is 0.852. The van der Waals surface area contributed by atoms with Gasteiger partial charge in [-0.1, -0.05) is 12.1 Å². The zero-order valence-electron chi connectivity index (χ0n) is 13.5. The third kappa shape index (κ3) is 2.54. The summed E-state index contributed by atoms with van der Waals surface area (Å²) in [6.45, 7) is 4.57. The second kappa shape index (κ2) is 6.16. The number of methoxy groups -OCH3 is 2. The maximum atomic E-state index is 12.5. The summed E-state index contributed by atoms with van der Waals surface area (Å²) in [6, 6.07) is 6.20. The van der Waals surface area contributed by atoms with Gasteiger partial charge in [-0.2, -0.15) is 0 Å². The highest BCUT2D eigenvalue weighted by molar-refractivity contribution is 5.83. The number of carbonyl (C=O) groups excluding carboxylic acids is 1. The second-order valence-electron chi connectivity index (χ2n) is 6.09. The highest BCUT2D eigenvalue weighted by Gasteiger charge is 2.40. The summed E-state index contributed by atoms with van der Waals surface area (Å²) in [4.78, 5) is 16.8. The van der Waals surface area contributed by atoms with Crippen LogP contribution in [-0.2, 0) is 11.3 Å². The van der Waals surface area contributed by atoms with Crippen LogP contribution >= 0.6 is 0 Å². The van der Waals surface area contributed by atoms with E-state index in [0.29, 0.717) is 12.6 Å². The molecule has 2 fully saturated rings. The molecule has 0 unspecified atom stereocenters. The molecule has 1 aromatic carbocycles. The highest BCUT2D eigenvalue weighted by atomic mass is 16.5. The predicted molar refractivity (Wildman–Crippen MR) is 84.2 cm³/mol. The first-order valence-electron chi connectivity index (χ1n) is 7.90. The Labute approximate surface area is 131 Å². The van der Waals surface area contributed by atoms with Crippen molar-refractivity contribution >= 4 is 5.91 Å². The minimum atomic E-state index is -0.0785. The largest absolute Gasteiger partial charge is 0.493 e. The molecule has 3 rings (SSSR count). The van der Waals surface area contributed by atoms with Crippen molar-refractivity contribution in [3.63, 3.8) is 0 Å². The molecule has 0 bridgehead atoms. The molecule has 22 heavy (non-hydrogen) atoms. The van der Waals surface area contributed by atoms with E-state index in [1.165, 1.54) is 0 Å². The lowest BCUT2D eigenvalue weighted by Gasteiger charge is -2.41. The van der Waals surface area contributed by atoms with Gasteiger partial charge in [-0.15, -0.1) is 0 Å². The van der Waals surface area contributed by atoms with Crippen LogP contribution in [0.15, 0.2) is 18.2 Å². The van der Waals surface area contributed by atoms with E-state index in [2.05, 4.69) is 9.80 Å². The molecule has 2 aliphatic rings. The Kier molecular flexibility index (Phi) is 4.25. The molecule has 120 valence electrons. The lowest BCUT2D eigenvalue weighted by atomic mass is 10.1. The van der Waals surface area contributed by atoms with Gasteiger partial charge >= 0.3 is 0 Å². The average Bonchev–Trinajstić information content (AvgIpc) is 3.00. The Bertz CT molecular complexity index is 561. The van der Waals surface area contributed by atoms with Crippen LogP contribution in [0.5, 0.6) is 11.5 Å². The van der Waals surface area contributed by atoms with Crippen LogP contribution in [0, 0.1) is 0 Å². The van der Waals surface area contributed by atoms with Gasteiger partial charge in [0.05, 0.1) is 20.3 Å². The first kappa shape index (κ1) is 15.2. The van der Waals surface area contributed by atoms with Crippen molar-refractivity contribution in [2.45, 2.75) is 38.4 Å². The van der Waals surface area contributed by atoms with Gasteiger partial charge < -0.3 is 14.4 Å². The molecule has 0 aromatic heterocycles. The van der Waals surface area contributed by atoms with Gasteiger partial charge in [-0.05, 0) is 25.8 Å². The standard InChI is InChI=1S/C17H24N2O3/c1-12-17(20)19-9-5-7-14(19)11-18(12)10-13-6-4-8-15(21-2)16(13)22-3/h4,6,8,12,14H,5,7,9-11H2,1-3H3/t12-,14+/m1/s1. The molecule has 2 aliphatic heterocycles. The Hall–Kier alpha value is -1.75. The van der Waals surface area contributed by atoms with Crippen molar-refractivity contribution in [3.8, 4) is 11.5 Å². The molecule has 2 atom stereocenters. The SMILES string of the molecule is COc1cccc(CN2C[C@@H]3CCCN3C(=O)[C@H]2C)c1OC. The topological polar surface area (TPSA) is 42.0 Å². The van der Waals surface area contributed by atoms with Gasteiger partial charge in [0.15, 0.2) is 11.5 Å². The molecule has 0 N–H and O–H groups in total. The summed E-state index contributed by atoms with van der Waals surface area (Å²) in [5.74, 6) is 1.76. The van der Waals surface area contributed by atoms with Gasteiger partial charge in [0.25, 0.3) is 0 Å². The first-order chi connectivity index (χ1) is 10.7. The summed E-state index contributed by atoms with van der Waals surface area (Å²) in [7, 11) is 3.30. The van der Waals surface area contributed by atoms with Crippen LogP contribution in [0.1, 0.15) is 25.3 Å². The molecule has 5 nitrogen and oxygen atoms in total. The third-order valence-corrected chi connectivity index (χ3v) is 4.87. The van der Waals surface area contributed by atoms with Crippen LogP contribution in [0.3, 0.4) is 0 Å². The van der Waals surface area contributed by atoms with Crippen LogP contribution in [0.25, 0.3) is 0 Å². The van der Waals surface area contributed by atoms with Crippen molar-refractivity contribution in [3.05, 3.63) is 23.8 Å². The van der Waals surface area contributed by atoms with E-state index < -0.39 is 0 Å². The normalized spacial score (nSPS) is 25.2. The smallest absolute Gasteiger partial charge is 0.239 e. The number of benzene rings is 1. The Morgan fingerprint density at radius 3 is 2.82 bits per heavy atom. The molecule has 0 spiro atoms. The van der Waals surface area contributed by atoms with E-state index in [1.807, 2.05) is 25.1 Å². The first-order valence-corrected chi connectivity index (χ1v) is 7.90. The molecule has 1 aromatic rings. The maximum Gasteiger partial charge on any atom is 0.239 e. The summed E-state index contributed by atoms with van der Waals surface area (Å²) in [5.41, 5.74) is 1.06. The molecule has 2 heterocycles.